The Morgan fingerprint density at radius 3 is 2.47 bits per heavy atom. The zero-order valence-electron chi connectivity index (χ0n) is 27.8. The third-order valence-corrected chi connectivity index (χ3v) is 9.24. The number of anilines is 1. The van der Waals surface area contributed by atoms with Gasteiger partial charge in [-0.1, -0.05) is 45.0 Å². The van der Waals surface area contributed by atoms with Gasteiger partial charge >= 0.3 is 0 Å². The highest BCUT2D eigenvalue weighted by Crippen LogP contribution is 2.28. The standard InChI is InChI=1S/C36H47N5O5S/c1-25-32(47-24-39-25)28-14-10-26(11-15-28)21-38-34(44)30-9-8-19-41(30)35(45)33(36(2,3)4)40-31(43)23-46-20-7-5-6-18-37-29-16-12-27(22-42)13-17-29/h10-17,22,24,30,33,37H,5-9,18-21,23H2,1-4H3,(H,38,44)(H,40,43). The van der Waals surface area contributed by atoms with Crippen LogP contribution in [0.25, 0.3) is 10.4 Å². The summed E-state index contributed by atoms with van der Waals surface area (Å²) in [5.41, 5.74) is 5.95. The Morgan fingerprint density at radius 1 is 1.06 bits per heavy atom. The lowest BCUT2D eigenvalue weighted by atomic mass is 9.85. The van der Waals surface area contributed by atoms with Crippen LogP contribution in [-0.2, 0) is 25.7 Å². The van der Waals surface area contributed by atoms with Crippen LogP contribution in [0, 0.1) is 12.3 Å². The summed E-state index contributed by atoms with van der Waals surface area (Å²) in [6.45, 7) is 9.65. The van der Waals surface area contributed by atoms with E-state index in [1.165, 1.54) is 0 Å². The number of rotatable bonds is 16. The van der Waals surface area contributed by atoms with Gasteiger partial charge in [0.15, 0.2) is 0 Å². The molecule has 1 aliphatic heterocycles. The molecule has 2 unspecified atom stereocenters. The predicted molar refractivity (Wildman–Crippen MR) is 185 cm³/mol. The second-order valence-electron chi connectivity index (χ2n) is 13.0. The van der Waals surface area contributed by atoms with Gasteiger partial charge in [0.25, 0.3) is 0 Å². The van der Waals surface area contributed by atoms with E-state index in [0.29, 0.717) is 31.7 Å². The molecule has 47 heavy (non-hydrogen) atoms. The quantitative estimate of drug-likeness (QED) is 0.139. The first kappa shape index (κ1) is 35.8. The third-order valence-electron chi connectivity index (χ3n) is 8.26. The summed E-state index contributed by atoms with van der Waals surface area (Å²) in [7, 11) is 0. The van der Waals surface area contributed by atoms with Gasteiger partial charge in [-0.05, 0) is 79.8 Å². The van der Waals surface area contributed by atoms with Gasteiger partial charge in [-0.25, -0.2) is 4.98 Å². The van der Waals surface area contributed by atoms with Gasteiger partial charge in [-0.3, -0.25) is 19.2 Å². The fourth-order valence-corrected chi connectivity index (χ4v) is 6.37. The van der Waals surface area contributed by atoms with Crippen molar-refractivity contribution in [2.24, 2.45) is 5.41 Å². The second kappa shape index (κ2) is 17.2. The average Bonchev–Trinajstić information content (AvgIpc) is 3.73. The molecule has 252 valence electrons. The Balaban J connectivity index is 1.19. The molecule has 3 N–H and O–H groups in total. The van der Waals surface area contributed by atoms with Crippen LogP contribution in [0.4, 0.5) is 5.69 Å². The van der Waals surface area contributed by atoms with Crippen LogP contribution >= 0.6 is 11.3 Å². The first-order chi connectivity index (χ1) is 22.6. The number of amides is 3. The number of carbonyl (C=O) groups is 4. The Hall–Kier alpha value is -4.09. The number of benzene rings is 2. The fraction of sp³-hybridized carbons (Fsp3) is 0.472. The number of unbranched alkanes of at least 4 members (excludes halogenated alkanes) is 2. The van der Waals surface area contributed by atoms with Crippen molar-refractivity contribution in [2.45, 2.75) is 78.4 Å². The monoisotopic (exact) mass is 661 g/mol. The van der Waals surface area contributed by atoms with Crippen molar-refractivity contribution in [1.29, 1.82) is 0 Å². The second-order valence-corrected chi connectivity index (χ2v) is 13.9. The highest BCUT2D eigenvalue weighted by molar-refractivity contribution is 7.13. The Kier molecular flexibility index (Phi) is 13.1. The molecular weight excluding hydrogens is 614 g/mol. The molecular formula is C36H47N5O5S. The molecule has 1 aromatic heterocycles. The van der Waals surface area contributed by atoms with Gasteiger partial charge in [0, 0.05) is 37.5 Å². The van der Waals surface area contributed by atoms with Crippen LogP contribution in [0.2, 0.25) is 0 Å². The maximum atomic E-state index is 13.8. The highest BCUT2D eigenvalue weighted by Gasteiger charge is 2.41. The van der Waals surface area contributed by atoms with Crippen LogP contribution < -0.4 is 16.0 Å². The van der Waals surface area contributed by atoms with Crippen molar-refractivity contribution in [3.8, 4) is 10.4 Å². The van der Waals surface area contributed by atoms with Gasteiger partial charge in [0.1, 0.15) is 25.0 Å². The molecule has 10 nitrogen and oxygen atoms in total. The van der Waals surface area contributed by atoms with Crippen molar-refractivity contribution in [1.82, 2.24) is 20.5 Å². The molecule has 3 aromatic rings. The number of hydrogen-bond acceptors (Lipinski definition) is 8. The molecule has 2 heterocycles. The molecule has 0 spiro atoms. The molecule has 0 saturated carbocycles. The number of aromatic nitrogens is 1. The third kappa shape index (κ3) is 10.5. The number of nitrogens with one attached hydrogen (secondary N) is 3. The molecule has 0 bridgehead atoms. The molecule has 2 atom stereocenters. The Bertz CT molecular complexity index is 1480. The number of carbonyl (C=O) groups excluding carboxylic acids is 4. The number of thiazole rings is 1. The molecule has 4 rings (SSSR count). The van der Waals surface area contributed by atoms with Crippen LogP contribution in [0.1, 0.15) is 74.5 Å². The smallest absolute Gasteiger partial charge is 0.246 e. The van der Waals surface area contributed by atoms with Crippen molar-refractivity contribution < 1.29 is 23.9 Å². The average molecular weight is 662 g/mol. The van der Waals surface area contributed by atoms with Crippen molar-refractivity contribution in [3.05, 3.63) is 70.9 Å². The van der Waals surface area contributed by atoms with E-state index >= 15 is 0 Å². The minimum atomic E-state index is -0.790. The number of nitrogens with zero attached hydrogens (tertiary/aromatic N) is 2. The summed E-state index contributed by atoms with van der Waals surface area (Å²) >= 11 is 1.60. The van der Waals surface area contributed by atoms with Crippen LogP contribution in [-0.4, -0.2) is 72.3 Å². The van der Waals surface area contributed by atoms with Crippen molar-refractivity contribution >= 4 is 41.0 Å². The minimum Gasteiger partial charge on any atom is -0.385 e. The maximum Gasteiger partial charge on any atom is 0.246 e. The zero-order valence-corrected chi connectivity index (χ0v) is 28.7. The summed E-state index contributed by atoms with van der Waals surface area (Å²) in [4.78, 5) is 57.7. The van der Waals surface area contributed by atoms with Gasteiger partial charge in [0.2, 0.25) is 17.7 Å². The van der Waals surface area contributed by atoms with E-state index in [0.717, 1.165) is 65.9 Å². The van der Waals surface area contributed by atoms with Gasteiger partial charge < -0.3 is 25.6 Å². The number of ether oxygens (including phenoxy) is 1. The zero-order chi connectivity index (χ0) is 33.8. The summed E-state index contributed by atoms with van der Waals surface area (Å²) in [5, 5.41) is 9.22. The molecule has 1 aliphatic rings. The van der Waals surface area contributed by atoms with Crippen molar-refractivity contribution in [2.75, 3.05) is 31.6 Å². The van der Waals surface area contributed by atoms with Gasteiger partial charge in [0.05, 0.1) is 16.1 Å². The highest BCUT2D eigenvalue weighted by atomic mass is 32.1. The molecule has 2 aromatic carbocycles. The summed E-state index contributed by atoms with van der Waals surface area (Å²) in [6.07, 6.45) is 4.81. The largest absolute Gasteiger partial charge is 0.385 e. The number of hydrogen-bond donors (Lipinski definition) is 3. The molecule has 1 saturated heterocycles. The summed E-state index contributed by atoms with van der Waals surface area (Å²) in [5.74, 6) is -0.788. The molecule has 0 aliphatic carbocycles. The lowest BCUT2D eigenvalue weighted by Gasteiger charge is -2.35. The van der Waals surface area contributed by atoms with E-state index in [4.69, 9.17) is 4.74 Å². The van der Waals surface area contributed by atoms with E-state index in [1.807, 2.05) is 69.6 Å². The van der Waals surface area contributed by atoms with Crippen molar-refractivity contribution in [3.63, 3.8) is 0 Å². The van der Waals surface area contributed by atoms with E-state index in [1.54, 1.807) is 28.4 Å². The van der Waals surface area contributed by atoms with Gasteiger partial charge in [-0.15, -0.1) is 11.3 Å². The lowest BCUT2D eigenvalue weighted by molar-refractivity contribution is -0.144. The predicted octanol–water partition coefficient (Wildman–Crippen LogP) is 5.37. The van der Waals surface area contributed by atoms with Gasteiger partial charge in [-0.2, -0.15) is 0 Å². The Morgan fingerprint density at radius 2 is 1.81 bits per heavy atom. The normalized spacial score (nSPS) is 15.2. The summed E-state index contributed by atoms with van der Waals surface area (Å²) in [6, 6.07) is 14.0. The van der Waals surface area contributed by atoms with E-state index < -0.39 is 17.5 Å². The van der Waals surface area contributed by atoms with Crippen LogP contribution in [0.15, 0.2) is 54.0 Å². The van der Waals surface area contributed by atoms with Crippen LogP contribution in [0.3, 0.4) is 0 Å². The Labute approximate surface area is 281 Å². The van der Waals surface area contributed by atoms with E-state index in [2.05, 4.69) is 20.9 Å². The number of likely N-dealkylation sites (tertiary alicyclic amines) is 1. The first-order valence-electron chi connectivity index (χ1n) is 16.3. The SMILES string of the molecule is Cc1ncsc1-c1ccc(CNC(=O)C2CCCN2C(=O)C(NC(=O)COCCCCCNc2ccc(C=O)cc2)C(C)(C)C)cc1. The lowest BCUT2D eigenvalue weighted by Crippen LogP contribution is -2.58. The minimum absolute atomic E-state index is 0.132. The number of aldehydes is 1. The molecule has 1 fully saturated rings. The molecule has 11 heteroatoms. The van der Waals surface area contributed by atoms with E-state index in [9.17, 15) is 19.2 Å². The molecule has 0 radical (unpaired) electrons. The first-order valence-corrected chi connectivity index (χ1v) is 17.2. The maximum absolute atomic E-state index is 13.8. The van der Waals surface area contributed by atoms with E-state index in [-0.39, 0.29) is 24.3 Å². The molecule has 3 amide bonds. The summed E-state index contributed by atoms with van der Waals surface area (Å²) < 4.78 is 5.61. The topological polar surface area (TPSA) is 130 Å². The number of aryl methyl sites for hydroxylation is 1. The van der Waals surface area contributed by atoms with Crippen LogP contribution in [0.5, 0.6) is 0 Å². The fourth-order valence-electron chi connectivity index (χ4n) is 5.56.